The van der Waals surface area contributed by atoms with Crippen molar-refractivity contribution in [2.24, 2.45) is 11.7 Å². The van der Waals surface area contributed by atoms with Crippen LogP contribution in [0.2, 0.25) is 0 Å². The van der Waals surface area contributed by atoms with Gasteiger partial charge >= 0.3 is 0 Å². The molecule has 2 atom stereocenters. The topological polar surface area (TPSA) is 83.6 Å². The van der Waals surface area contributed by atoms with Crippen LogP contribution in [0.3, 0.4) is 0 Å². The Bertz CT molecular complexity index is 499. The van der Waals surface area contributed by atoms with E-state index in [0.717, 1.165) is 5.56 Å². The highest BCUT2D eigenvalue weighted by atomic mass is 16.3. The van der Waals surface area contributed by atoms with E-state index in [1.54, 1.807) is 19.2 Å². The highest BCUT2D eigenvalue weighted by Crippen LogP contribution is 2.38. The summed E-state index contributed by atoms with van der Waals surface area (Å²) in [7, 11) is 1.57. The van der Waals surface area contributed by atoms with E-state index in [0.29, 0.717) is 11.3 Å². The van der Waals surface area contributed by atoms with Gasteiger partial charge in [-0.25, -0.2) is 0 Å². The third-order valence-corrected chi connectivity index (χ3v) is 3.18. The summed E-state index contributed by atoms with van der Waals surface area (Å²) in [4.78, 5) is 24.5. The fourth-order valence-electron chi connectivity index (χ4n) is 2.25. The molecule has 2 unspecified atom stereocenters. The van der Waals surface area contributed by atoms with Crippen LogP contribution in [-0.2, 0) is 9.59 Å². The molecule has 0 radical (unpaired) electrons. The van der Waals surface area contributed by atoms with E-state index in [9.17, 15) is 14.7 Å². The summed E-state index contributed by atoms with van der Waals surface area (Å²) in [5.41, 5.74) is 7.23. The number of aryl methyl sites for hydroxylation is 1. The van der Waals surface area contributed by atoms with Gasteiger partial charge in [0.15, 0.2) is 0 Å². The second-order valence-electron chi connectivity index (χ2n) is 4.23. The first-order chi connectivity index (χ1) is 7.95. The van der Waals surface area contributed by atoms with Crippen LogP contribution in [0.4, 0.5) is 5.69 Å². The Morgan fingerprint density at radius 3 is 2.71 bits per heavy atom. The molecule has 5 heteroatoms. The van der Waals surface area contributed by atoms with Crippen LogP contribution in [0.25, 0.3) is 0 Å². The maximum Gasteiger partial charge on any atom is 0.242 e. The van der Waals surface area contributed by atoms with Gasteiger partial charge in [-0.15, -0.1) is 0 Å². The van der Waals surface area contributed by atoms with E-state index in [1.807, 2.05) is 13.0 Å². The second kappa shape index (κ2) is 3.85. The molecule has 2 amide bonds. The molecule has 5 nitrogen and oxygen atoms in total. The van der Waals surface area contributed by atoms with E-state index >= 15 is 0 Å². The first-order valence-electron chi connectivity index (χ1n) is 5.29. The standard InChI is InChI=1S/C12H14N2O3/c1-6-4-3-5-7-8(6)10(15)9(11(13)16)12(17)14(7)2/h3-5,9-10,15H,1-2H3,(H2,13,16). The number of carbonyl (C=O) groups excluding carboxylic acids is 2. The molecular weight excluding hydrogens is 220 g/mol. The molecule has 2 rings (SSSR count). The van der Waals surface area contributed by atoms with Crippen LogP contribution in [-0.4, -0.2) is 24.0 Å². The summed E-state index contributed by atoms with van der Waals surface area (Å²) in [5.74, 6) is -2.47. The van der Waals surface area contributed by atoms with Crippen LogP contribution >= 0.6 is 0 Å². The maximum atomic E-state index is 11.9. The largest absolute Gasteiger partial charge is 0.387 e. The smallest absolute Gasteiger partial charge is 0.242 e. The molecule has 17 heavy (non-hydrogen) atoms. The molecule has 1 aromatic rings. The molecule has 1 heterocycles. The minimum absolute atomic E-state index is 0.469. The van der Waals surface area contributed by atoms with E-state index in [4.69, 9.17) is 5.73 Å². The fraction of sp³-hybridized carbons (Fsp3) is 0.333. The SMILES string of the molecule is Cc1cccc2c1C(O)C(C(N)=O)C(=O)N2C. The van der Waals surface area contributed by atoms with Crippen molar-refractivity contribution in [2.75, 3.05) is 11.9 Å². The van der Waals surface area contributed by atoms with Gasteiger partial charge in [-0.2, -0.15) is 0 Å². The molecule has 1 aromatic carbocycles. The number of primary amides is 1. The minimum Gasteiger partial charge on any atom is -0.387 e. The summed E-state index contributed by atoms with van der Waals surface area (Å²) >= 11 is 0. The van der Waals surface area contributed by atoms with Gasteiger partial charge in [0.25, 0.3) is 0 Å². The molecule has 90 valence electrons. The quantitative estimate of drug-likeness (QED) is 0.676. The monoisotopic (exact) mass is 234 g/mol. The lowest BCUT2D eigenvalue weighted by atomic mass is 9.86. The van der Waals surface area contributed by atoms with Crippen molar-refractivity contribution in [3.8, 4) is 0 Å². The van der Waals surface area contributed by atoms with E-state index in [-0.39, 0.29) is 0 Å². The molecule has 0 aromatic heterocycles. The second-order valence-corrected chi connectivity index (χ2v) is 4.23. The normalized spacial score (nSPS) is 23.5. The number of hydrogen-bond acceptors (Lipinski definition) is 3. The summed E-state index contributed by atoms with van der Waals surface area (Å²) in [5, 5.41) is 10.1. The number of nitrogens with two attached hydrogens (primary N) is 1. The van der Waals surface area contributed by atoms with Gasteiger partial charge in [-0.05, 0) is 18.6 Å². The molecule has 0 fully saturated rings. The Kier molecular flexibility index (Phi) is 2.63. The van der Waals surface area contributed by atoms with Crippen molar-refractivity contribution in [1.82, 2.24) is 0 Å². The Hall–Kier alpha value is -1.88. The van der Waals surface area contributed by atoms with Gasteiger partial charge in [0.1, 0.15) is 12.0 Å². The van der Waals surface area contributed by atoms with Crippen LogP contribution in [0.1, 0.15) is 17.2 Å². The average Bonchev–Trinajstić information content (AvgIpc) is 2.25. The lowest BCUT2D eigenvalue weighted by Crippen LogP contribution is -2.47. The first-order valence-corrected chi connectivity index (χ1v) is 5.29. The molecule has 1 aliphatic heterocycles. The Balaban J connectivity index is 2.63. The number of hydrogen-bond donors (Lipinski definition) is 2. The average molecular weight is 234 g/mol. The van der Waals surface area contributed by atoms with Crippen molar-refractivity contribution in [2.45, 2.75) is 13.0 Å². The van der Waals surface area contributed by atoms with Crippen LogP contribution in [0, 0.1) is 12.8 Å². The molecule has 1 aliphatic rings. The predicted octanol–water partition coefficient (Wildman–Crippen LogP) is 0.106. The Labute approximate surface area is 98.8 Å². The van der Waals surface area contributed by atoms with Crippen molar-refractivity contribution in [3.05, 3.63) is 29.3 Å². The van der Waals surface area contributed by atoms with E-state index < -0.39 is 23.8 Å². The number of benzene rings is 1. The zero-order chi connectivity index (χ0) is 12.7. The number of aliphatic hydroxyl groups is 1. The highest BCUT2D eigenvalue weighted by molar-refractivity contribution is 6.10. The van der Waals surface area contributed by atoms with Gasteiger partial charge in [-0.3, -0.25) is 9.59 Å². The summed E-state index contributed by atoms with van der Waals surface area (Å²) in [6, 6.07) is 5.36. The van der Waals surface area contributed by atoms with Crippen LogP contribution < -0.4 is 10.6 Å². The van der Waals surface area contributed by atoms with Crippen molar-refractivity contribution in [1.29, 1.82) is 0 Å². The summed E-state index contributed by atoms with van der Waals surface area (Å²) in [6.45, 7) is 1.82. The molecule has 0 saturated heterocycles. The number of carbonyl (C=O) groups is 2. The molecule has 0 spiro atoms. The summed E-state index contributed by atoms with van der Waals surface area (Å²) in [6.07, 6.45) is -1.16. The van der Waals surface area contributed by atoms with E-state index in [2.05, 4.69) is 0 Å². The van der Waals surface area contributed by atoms with Gasteiger partial charge < -0.3 is 15.7 Å². The summed E-state index contributed by atoms with van der Waals surface area (Å²) < 4.78 is 0. The minimum atomic E-state index is -1.20. The number of nitrogens with zero attached hydrogens (tertiary/aromatic N) is 1. The number of amides is 2. The lowest BCUT2D eigenvalue weighted by molar-refractivity contribution is -0.137. The molecule has 3 N–H and O–H groups in total. The van der Waals surface area contributed by atoms with Crippen molar-refractivity contribution in [3.63, 3.8) is 0 Å². The number of anilines is 1. The van der Waals surface area contributed by atoms with Gasteiger partial charge in [-0.1, -0.05) is 12.1 Å². The Morgan fingerprint density at radius 1 is 1.47 bits per heavy atom. The number of aliphatic hydroxyl groups excluding tert-OH is 1. The predicted molar refractivity (Wildman–Crippen MR) is 62.2 cm³/mol. The fourth-order valence-corrected chi connectivity index (χ4v) is 2.25. The zero-order valence-corrected chi connectivity index (χ0v) is 9.68. The van der Waals surface area contributed by atoms with Gasteiger partial charge in [0.2, 0.25) is 11.8 Å². The zero-order valence-electron chi connectivity index (χ0n) is 9.68. The Morgan fingerprint density at radius 2 is 2.12 bits per heavy atom. The lowest BCUT2D eigenvalue weighted by Gasteiger charge is -2.34. The molecule has 0 saturated carbocycles. The van der Waals surface area contributed by atoms with Crippen molar-refractivity contribution < 1.29 is 14.7 Å². The van der Waals surface area contributed by atoms with Crippen LogP contribution in [0.5, 0.6) is 0 Å². The first kappa shape index (κ1) is 11.6. The van der Waals surface area contributed by atoms with Gasteiger partial charge in [0.05, 0.1) is 0 Å². The molecular formula is C12H14N2O3. The molecule has 0 bridgehead atoms. The van der Waals surface area contributed by atoms with E-state index in [1.165, 1.54) is 4.90 Å². The third-order valence-electron chi connectivity index (χ3n) is 3.18. The number of rotatable bonds is 1. The maximum absolute atomic E-state index is 11.9. The third kappa shape index (κ3) is 1.59. The molecule has 0 aliphatic carbocycles. The number of fused-ring (bicyclic) bond motifs is 1. The van der Waals surface area contributed by atoms with Gasteiger partial charge in [0, 0.05) is 18.3 Å². The highest BCUT2D eigenvalue weighted by Gasteiger charge is 2.42. The van der Waals surface area contributed by atoms with Crippen molar-refractivity contribution >= 4 is 17.5 Å². The van der Waals surface area contributed by atoms with Crippen LogP contribution in [0.15, 0.2) is 18.2 Å².